The summed E-state index contributed by atoms with van der Waals surface area (Å²) in [4.78, 5) is 29.8. The third kappa shape index (κ3) is 3.47. The topological polar surface area (TPSA) is 90.0 Å². The Kier molecular flexibility index (Phi) is 5.03. The second kappa shape index (κ2) is 7.76. The summed E-state index contributed by atoms with van der Waals surface area (Å²) in [5.41, 5.74) is 3.00. The summed E-state index contributed by atoms with van der Waals surface area (Å²) < 4.78 is 6.68. The van der Waals surface area contributed by atoms with E-state index in [9.17, 15) is 9.59 Å². The monoisotopic (exact) mass is 468 g/mol. The van der Waals surface area contributed by atoms with Gasteiger partial charge in [0.25, 0.3) is 5.91 Å². The highest BCUT2D eigenvalue weighted by atomic mass is 35.5. The van der Waals surface area contributed by atoms with E-state index in [1.54, 1.807) is 43.6 Å². The minimum absolute atomic E-state index is 0.0459. The highest BCUT2D eigenvalue weighted by Gasteiger charge is 2.30. The van der Waals surface area contributed by atoms with Gasteiger partial charge in [0.1, 0.15) is 11.6 Å². The predicted molar refractivity (Wildman–Crippen MR) is 122 cm³/mol. The number of aromatic nitrogens is 3. The number of benzene rings is 1. The standard InChI is InChI=1S/C23H18Cl2N4O3/c1-11-19(12(2)32-28-11)14-9-16(24)20(17(25)10-14)23(31)29-8-6-15-18(29)5-7-26-21(15)27-22(30)13-3-4-13/h5-10,13H,3-4H2,1-2H3,(H,26,27,30). The molecule has 1 amide bonds. The van der Waals surface area contributed by atoms with Crippen LogP contribution in [-0.4, -0.2) is 26.5 Å². The highest BCUT2D eigenvalue weighted by Crippen LogP contribution is 2.36. The first-order valence-electron chi connectivity index (χ1n) is 10.1. The quantitative estimate of drug-likeness (QED) is 0.417. The van der Waals surface area contributed by atoms with E-state index in [1.807, 2.05) is 6.92 Å². The van der Waals surface area contributed by atoms with Crippen LogP contribution in [0.5, 0.6) is 0 Å². The van der Waals surface area contributed by atoms with Crippen molar-refractivity contribution < 1.29 is 14.1 Å². The fraction of sp³-hybridized carbons (Fsp3) is 0.217. The zero-order chi connectivity index (χ0) is 22.6. The number of nitrogens with one attached hydrogen (secondary N) is 1. The first-order chi connectivity index (χ1) is 15.3. The molecule has 9 heteroatoms. The lowest BCUT2D eigenvalue weighted by molar-refractivity contribution is -0.117. The second-order valence-corrected chi connectivity index (χ2v) is 8.68. The number of rotatable bonds is 4. The van der Waals surface area contributed by atoms with Gasteiger partial charge in [0, 0.05) is 29.3 Å². The van der Waals surface area contributed by atoms with Crippen LogP contribution in [0.3, 0.4) is 0 Å². The maximum absolute atomic E-state index is 13.4. The van der Waals surface area contributed by atoms with Gasteiger partial charge in [-0.15, -0.1) is 0 Å². The van der Waals surface area contributed by atoms with Gasteiger partial charge in [0.15, 0.2) is 0 Å². The molecule has 4 aromatic rings. The molecule has 1 aliphatic rings. The van der Waals surface area contributed by atoms with Crippen LogP contribution in [0.15, 0.2) is 41.2 Å². The Morgan fingerprint density at radius 2 is 1.88 bits per heavy atom. The lowest BCUT2D eigenvalue weighted by atomic mass is 10.0. The Morgan fingerprint density at radius 3 is 2.50 bits per heavy atom. The first-order valence-corrected chi connectivity index (χ1v) is 10.8. The Hall–Kier alpha value is -3.16. The Morgan fingerprint density at radius 1 is 1.16 bits per heavy atom. The molecule has 3 aromatic heterocycles. The van der Waals surface area contributed by atoms with Crippen LogP contribution in [0.2, 0.25) is 10.0 Å². The Labute approximate surface area is 193 Å². The lowest BCUT2D eigenvalue weighted by Crippen LogP contribution is -2.15. The van der Waals surface area contributed by atoms with Gasteiger partial charge < -0.3 is 9.84 Å². The molecular weight excluding hydrogens is 451 g/mol. The normalized spacial score (nSPS) is 13.5. The number of anilines is 1. The minimum atomic E-state index is -0.383. The maximum Gasteiger partial charge on any atom is 0.265 e. The van der Waals surface area contributed by atoms with Crippen LogP contribution in [0, 0.1) is 19.8 Å². The van der Waals surface area contributed by atoms with Crippen molar-refractivity contribution >= 4 is 51.7 Å². The zero-order valence-corrected chi connectivity index (χ0v) is 18.8. The number of carbonyl (C=O) groups is 2. The van der Waals surface area contributed by atoms with E-state index in [1.165, 1.54) is 4.57 Å². The van der Waals surface area contributed by atoms with E-state index in [-0.39, 0.29) is 33.3 Å². The van der Waals surface area contributed by atoms with Gasteiger partial charge in [-0.05, 0) is 56.5 Å². The summed E-state index contributed by atoms with van der Waals surface area (Å²) in [5, 5.41) is 7.91. The van der Waals surface area contributed by atoms with Crippen LogP contribution in [0.25, 0.3) is 22.0 Å². The van der Waals surface area contributed by atoms with E-state index < -0.39 is 0 Å². The van der Waals surface area contributed by atoms with Crippen molar-refractivity contribution in [2.24, 2.45) is 5.92 Å². The number of nitrogens with zero attached hydrogens (tertiary/aromatic N) is 3. The molecule has 32 heavy (non-hydrogen) atoms. The molecule has 0 saturated heterocycles. The van der Waals surface area contributed by atoms with E-state index >= 15 is 0 Å². The molecule has 0 spiro atoms. The van der Waals surface area contributed by atoms with Crippen molar-refractivity contribution in [3.05, 3.63) is 63.7 Å². The number of pyridine rings is 1. The summed E-state index contributed by atoms with van der Waals surface area (Å²) >= 11 is 13.0. The first kappa shape index (κ1) is 20.7. The third-order valence-corrected chi connectivity index (χ3v) is 6.20. The van der Waals surface area contributed by atoms with Crippen molar-refractivity contribution in [2.75, 3.05) is 5.32 Å². The van der Waals surface area contributed by atoms with E-state index in [2.05, 4.69) is 15.5 Å². The van der Waals surface area contributed by atoms with Crippen LogP contribution in [-0.2, 0) is 4.79 Å². The molecule has 0 unspecified atom stereocenters. The van der Waals surface area contributed by atoms with Gasteiger partial charge in [0.2, 0.25) is 5.91 Å². The van der Waals surface area contributed by atoms with Gasteiger partial charge >= 0.3 is 0 Å². The average molecular weight is 469 g/mol. The molecule has 5 rings (SSSR count). The predicted octanol–water partition coefficient (Wildman–Crippen LogP) is 5.65. The summed E-state index contributed by atoms with van der Waals surface area (Å²) in [6.45, 7) is 3.63. The van der Waals surface area contributed by atoms with E-state index in [0.717, 1.165) is 24.0 Å². The number of hydrogen-bond donors (Lipinski definition) is 1. The molecule has 3 heterocycles. The average Bonchev–Trinajstić information content (AvgIpc) is 3.42. The molecule has 1 saturated carbocycles. The highest BCUT2D eigenvalue weighted by molar-refractivity contribution is 6.40. The van der Waals surface area contributed by atoms with Crippen LogP contribution in [0.4, 0.5) is 5.82 Å². The molecule has 1 N–H and O–H groups in total. The second-order valence-electron chi connectivity index (χ2n) is 7.86. The van der Waals surface area contributed by atoms with Crippen LogP contribution in [0.1, 0.15) is 34.7 Å². The minimum Gasteiger partial charge on any atom is -0.361 e. The van der Waals surface area contributed by atoms with Gasteiger partial charge in [-0.3, -0.25) is 14.2 Å². The number of aryl methyl sites for hydroxylation is 2. The van der Waals surface area contributed by atoms with E-state index in [4.69, 9.17) is 27.7 Å². The SMILES string of the molecule is Cc1noc(C)c1-c1cc(Cl)c(C(=O)n2ccc3c(NC(=O)C4CC4)nccc32)c(Cl)c1. The molecule has 0 atom stereocenters. The molecule has 0 radical (unpaired) electrons. The van der Waals surface area contributed by atoms with Crippen LogP contribution >= 0.6 is 23.2 Å². The Balaban J connectivity index is 1.54. The molecule has 7 nitrogen and oxygen atoms in total. The smallest absolute Gasteiger partial charge is 0.265 e. The summed E-state index contributed by atoms with van der Waals surface area (Å²) in [7, 11) is 0. The summed E-state index contributed by atoms with van der Waals surface area (Å²) in [6, 6.07) is 6.81. The fourth-order valence-electron chi connectivity index (χ4n) is 3.85. The fourth-order valence-corrected chi connectivity index (χ4v) is 4.49. The molecular formula is C23H18Cl2N4O3. The van der Waals surface area contributed by atoms with Crippen molar-refractivity contribution in [3.8, 4) is 11.1 Å². The number of hydrogen-bond acceptors (Lipinski definition) is 5. The number of halogens is 2. The van der Waals surface area contributed by atoms with Crippen LogP contribution < -0.4 is 5.32 Å². The van der Waals surface area contributed by atoms with Gasteiger partial charge in [-0.2, -0.15) is 0 Å². The largest absolute Gasteiger partial charge is 0.361 e. The lowest BCUT2D eigenvalue weighted by Gasteiger charge is -2.11. The molecule has 162 valence electrons. The third-order valence-electron chi connectivity index (χ3n) is 5.60. The van der Waals surface area contributed by atoms with Gasteiger partial charge in [-0.25, -0.2) is 4.98 Å². The summed E-state index contributed by atoms with van der Waals surface area (Å²) in [6.07, 6.45) is 4.96. The molecule has 1 aliphatic carbocycles. The maximum atomic E-state index is 13.4. The Bertz CT molecular complexity index is 1360. The van der Waals surface area contributed by atoms with Crippen molar-refractivity contribution in [3.63, 3.8) is 0 Å². The van der Waals surface area contributed by atoms with Gasteiger partial charge in [0.05, 0.1) is 26.8 Å². The summed E-state index contributed by atoms with van der Waals surface area (Å²) in [5.74, 6) is 0.677. The molecule has 1 aromatic carbocycles. The van der Waals surface area contributed by atoms with E-state index in [0.29, 0.717) is 28.2 Å². The molecule has 0 bridgehead atoms. The van der Waals surface area contributed by atoms with Gasteiger partial charge in [-0.1, -0.05) is 28.4 Å². The number of amides is 1. The number of carbonyl (C=O) groups excluding carboxylic acids is 2. The van der Waals surface area contributed by atoms with Crippen molar-refractivity contribution in [2.45, 2.75) is 26.7 Å². The van der Waals surface area contributed by atoms with Crippen molar-refractivity contribution in [1.29, 1.82) is 0 Å². The molecule has 0 aliphatic heterocycles. The number of fused-ring (bicyclic) bond motifs is 1. The molecule has 1 fully saturated rings. The zero-order valence-electron chi connectivity index (χ0n) is 17.3. The van der Waals surface area contributed by atoms with Crippen molar-refractivity contribution in [1.82, 2.24) is 14.7 Å².